The molecule has 0 aliphatic rings. The average Bonchev–Trinajstić information content (AvgIpc) is 2.18. The summed E-state index contributed by atoms with van der Waals surface area (Å²) in [5.41, 5.74) is 0. The lowest BCUT2D eigenvalue weighted by Gasteiger charge is -1.15. The first-order valence-electron chi connectivity index (χ1n) is 2.14. The number of hydrogen-bond donors (Lipinski definition) is 4. The Kier molecular flexibility index (Phi) is 1950. The van der Waals surface area contributed by atoms with Crippen molar-refractivity contribution in [2.45, 2.75) is 6.92 Å². The first-order chi connectivity index (χ1) is 5.41. The molecule has 0 bridgehead atoms. The van der Waals surface area contributed by atoms with Gasteiger partial charge in [0.15, 0.2) is 0 Å². The van der Waals surface area contributed by atoms with Gasteiger partial charge in [0.1, 0.15) is 0 Å². The van der Waals surface area contributed by atoms with E-state index < -0.39 is 0 Å². The molecule has 0 saturated heterocycles. The van der Waals surface area contributed by atoms with E-state index in [9.17, 15) is 0 Å². The lowest BCUT2D eigenvalue weighted by atomic mass is 11.0. The maximum absolute atomic E-state index is 7.32. The molecule has 5 heteroatoms. The molecule has 4 N–H and O–H groups in total. The number of nitriles is 1. The molecule has 0 aliphatic carbocycles. The van der Waals surface area contributed by atoms with E-state index in [1.807, 2.05) is 0 Å². The summed E-state index contributed by atoms with van der Waals surface area (Å²) < 4.78 is 0. The molecule has 64 valence electrons. The summed E-state index contributed by atoms with van der Waals surface area (Å²) in [6, 6.07) is 1.75. The minimum Gasteiger partial charge on any atom is -0.317 e. The Morgan fingerprint density at radius 2 is 0.818 bits per heavy atom. The molecule has 0 heterocycles. The maximum atomic E-state index is 7.32. The third-order valence-corrected chi connectivity index (χ3v) is 0. The highest BCUT2D eigenvalue weighted by Crippen LogP contribution is 1.21. The molecule has 0 spiro atoms. The highest BCUT2D eigenvalue weighted by molar-refractivity contribution is 5.16. The summed E-state index contributed by atoms with van der Waals surface area (Å²) in [5.74, 6) is 0. The van der Waals surface area contributed by atoms with E-state index in [-0.39, 0.29) is 0 Å². The second-order valence-corrected chi connectivity index (χ2v) is 0.224. The topological polar surface area (TPSA) is 119 Å². The first-order valence-corrected chi connectivity index (χ1v) is 2.14. The van der Waals surface area contributed by atoms with Crippen molar-refractivity contribution in [1.82, 2.24) is 0 Å². The van der Waals surface area contributed by atoms with Crippen LogP contribution in [0.3, 0.4) is 0 Å². The van der Waals surface area contributed by atoms with Crippen molar-refractivity contribution in [2.75, 3.05) is 0 Å². The van der Waals surface area contributed by atoms with Crippen molar-refractivity contribution in [2.24, 2.45) is 0 Å². The molecule has 5 nitrogen and oxygen atoms in total. The zero-order chi connectivity index (χ0) is 10.7. The molecule has 0 unspecified atom stereocenters. The van der Waals surface area contributed by atoms with Crippen LogP contribution in [0.1, 0.15) is 6.92 Å². The average molecular weight is 157 g/mol. The molecule has 0 aliphatic heterocycles. The van der Waals surface area contributed by atoms with Crippen LogP contribution < -0.4 is 0 Å². The van der Waals surface area contributed by atoms with Crippen LogP contribution in [0, 0.1) is 33.0 Å². The van der Waals surface area contributed by atoms with Gasteiger partial charge in [0.2, 0.25) is 0 Å². The van der Waals surface area contributed by atoms with Crippen LogP contribution >= 0.6 is 0 Å². The van der Waals surface area contributed by atoms with Gasteiger partial charge < -0.3 is 21.6 Å². The van der Waals surface area contributed by atoms with Crippen LogP contribution in [-0.4, -0.2) is 26.9 Å². The Balaban J connectivity index is -0.0000000139. The van der Waals surface area contributed by atoms with Gasteiger partial charge in [-0.1, -0.05) is 0 Å². The van der Waals surface area contributed by atoms with Crippen LogP contribution in [0.2, 0.25) is 0 Å². The van der Waals surface area contributed by atoms with E-state index in [1.165, 1.54) is 6.92 Å². The zero-order valence-electron chi connectivity index (χ0n) is 6.78. The molecule has 0 aromatic rings. The monoisotopic (exact) mass is 157 g/mol. The van der Waals surface area contributed by atoms with Gasteiger partial charge >= 0.3 is 0 Å². The third kappa shape index (κ3) is 92.9. The van der Waals surface area contributed by atoms with E-state index in [1.54, 1.807) is 6.07 Å². The second-order valence-electron chi connectivity index (χ2n) is 0.224. The quantitative estimate of drug-likeness (QED) is 0.392. The van der Waals surface area contributed by atoms with Gasteiger partial charge in [-0.15, -0.1) is 0 Å². The van der Waals surface area contributed by atoms with Gasteiger partial charge in [0.05, 0.1) is 6.07 Å². The van der Waals surface area contributed by atoms with Gasteiger partial charge in [0, 0.05) is 6.92 Å². The van der Waals surface area contributed by atoms with E-state index in [0.29, 0.717) is 0 Å². The van der Waals surface area contributed by atoms with Gasteiger partial charge in [-0.2, -0.15) is 5.26 Å². The van der Waals surface area contributed by atoms with Crippen molar-refractivity contribution in [3.05, 3.63) is 0 Å². The second kappa shape index (κ2) is 610. The lowest BCUT2D eigenvalue weighted by Crippen LogP contribution is -1.10. The lowest BCUT2D eigenvalue weighted by molar-refractivity contribution is 1.49. The van der Waals surface area contributed by atoms with Crippen molar-refractivity contribution in [3.63, 3.8) is 0 Å². The standard InChI is InChI=1S/C2H3N.4CH3N/c1-2-3;4*1-2/h1H3;4*2H,1H2. The van der Waals surface area contributed by atoms with Crippen LogP contribution in [-0.2, 0) is 0 Å². The predicted octanol–water partition coefficient (Wildman–Crippen LogP) is 1.59. The minimum absolute atomic E-state index is 1.43. The molecule has 0 aromatic carbocycles. The smallest absolute Gasteiger partial charge is 0.0587 e. The van der Waals surface area contributed by atoms with Gasteiger partial charge in [0.25, 0.3) is 0 Å². The van der Waals surface area contributed by atoms with Crippen LogP contribution in [0.15, 0.2) is 0 Å². The number of rotatable bonds is 0. The van der Waals surface area contributed by atoms with Crippen molar-refractivity contribution >= 4 is 26.9 Å². The Labute approximate surface area is 67.7 Å². The van der Waals surface area contributed by atoms with E-state index >= 15 is 0 Å². The maximum Gasteiger partial charge on any atom is 0.0587 e. The molecule has 0 aromatic heterocycles. The molecular weight excluding hydrogens is 142 g/mol. The molecule has 0 saturated carbocycles. The SMILES string of the molecule is C=N.C=N.C=N.C=N.CC#N. The largest absolute Gasteiger partial charge is 0.317 e. The molecule has 0 fully saturated rings. The van der Waals surface area contributed by atoms with Crippen LogP contribution in [0.5, 0.6) is 0 Å². The fourth-order valence-electron chi connectivity index (χ4n) is 0. The Bertz CT molecular complexity index is 59.9. The fraction of sp³-hybridized carbons (Fsp3) is 0.167. The highest BCUT2D eigenvalue weighted by Gasteiger charge is 1.17. The van der Waals surface area contributed by atoms with Crippen molar-refractivity contribution < 1.29 is 0 Å². The molecular formula is C6H15N5. The number of hydrogen-bond acceptors (Lipinski definition) is 5. The Morgan fingerprint density at radius 3 is 0.818 bits per heavy atom. The van der Waals surface area contributed by atoms with E-state index in [4.69, 9.17) is 26.9 Å². The number of nitrogens with one attached hydrogen (secondary N) is 4. The van der Waals surface area contributed by atoms with E-state index in [0.717, 1.165) is 0 Å². The minimum atomic E-state index is 1.43. The molecule has 0 radical (unpaired) electrons. The predicted molar refractivity (Wildman–Crippen MR) is 50.6 cm³/mol. The van der Waals surface area contributed by atoms with Gasteiger partial charge in [-0.3, -0.25) is 0 Å². The first kappa shape index (κ1) is 35.2. The molecule has 0 atom stereocenters. The van der Waals surface area contributed by atoms with Crippen molar-refractivity contribution in [1.29, 1.82) is 26.9 Å². The third-order valence-electron chi connectivity index (χ3n) is 0. The zero-order valence-corrected chi connectivity index (χ0v) is 6.78. The fourth-order valence-corrected chi connectivity index (χ4v) is 0. The summed E-state index contributed by atoms with van der Waals surface area (Å²) >= 11 is 0. The van der Waals surface area contributed by atoms with Gasteiger partial charge in [-0.25, -0.2) is 0 Å². The van der Waals surface area contributed by atoms with Gasteiger partial charge in [-0.05, 0) is 26.9 Å². The summed E-state index contributed by atoms with van der Waals surface area (Å²) in [4.78, 5) is 0. The summed E-state index contributed by atoms with van der Waals surface area (Å²) in [6.07, 6.45) is 0. The molecule has 0 amide bonds. The normalized spacial score (nSPS) is 2.18. The van der Waals surface area contributed by atoms with Crippen LogP contribution in [0.25, 0.3) is 0 Å². The Hall–Kier alpha value is -1.83. The van der Waals surface area contributed by atoms with Crippen LogP contribution in [0.4, 0.5) is 0 Å². The highest BCUT2D eigenvalue weighted by atomic mass is 14.2. The summed E-state index contributed by atoms with van der Waals surface area (Å²) in [5, 5.41) is 29.3. The number of nitrogens with zero attached hydrogens (tertiary/aromatic N) is 1. The summed E-state index contributed by atoms with van der Waals surface area (Å²) in [6.45, 7) is 11.4. The molecule has 0 rings (SSSR count). The summed E-state index contributed by atoms with van der Waals surface area (Å²) in [7, 11) is 0. The van der Waals surface area contributed by atoms with Crippen molar-refractivity contribution in [3.8, 4) is 6.07 Å². The van der Waals surface area contributed by atoms with E-state index in [2.05, 4.69) is 26.9 Å². The Morgan fingerprint density at radius 1 is 0.818 bits per heavy atom. The molecule has 11 heavy (non-hydrogen) atoms.